The number of aryl methyl sites for hydroxylation is 1. The van der Waals surface area contributed by atoms with Crippen LogP contribution in [0.5, 0.6) is 5.75 Å². The number of benzene rings is 1. The van der Waals surface area contributed by atoms with E-state index in [9.17, 15) is 4.79 Å². The molecule has 140 valence electrons. The summed E-state index contributed by atoms with van der Waals surface area (Å²) >= 11 is 0. The predicted octanol–water partition coefficient (Wildman–Crippen LogP) is 1.97. The molecule has 0 radical (unpaired) electrons. The van der Waals surface area contributed by atoms with E-state index in [1.54, 1.807) is 13.3 Å². The number of ether oxygens (including phenoxy) is 1. The molecule has 3 rings (SSSR count). The maximum absolute atomic E-state index is 12.5. The molecule has 0 saturated heterocycles. The zero-order chi connectivity index (χ0) is 18.5. The number of aromatic nitrogens is 2. The minimum Gasteiger partial charge on any atom is -0.496 e. The number of anilines is 1. The average molecular weight is 357 g/mol. The fourth-order valence-electron chi connectivity index (χ4n) is 3.75. The largest absolute Gasteiger partial charge is 0.496 e. The summed E-state index contributed by atoms with van der Waals surface area (Å²) < 4.78 is 7.41. The van der Waals surface area contributed by atoms with Crippen LogP contribution >= 0.6 is 0 Å². The van der Waals surface area contributed by atoms with Crippen LogP contribution < -0.4 is 15.0 Å². The molecular formula is C20H29N4O2+. The van der Waals surface area contributed by atoms with Gasteiger partial charge in [-0.1, -0.05) is 24.5 Å². The molecule has 1 fully saturated rings. The minimum absolute atomic E-state index is 0.00821. The molecule has 6 heteroatoms. The van der Waals surface area contributed by atoms with Crippen LogP contribution in [0, 0.1) is 6.92 Å². The van der Waals surface area contributed by atoms with Crippen LogP contribution in [-0.2, 0) is 11.3 Å². The molecule has 0 aliphatic heterocycles. The van der Waals surface area contributed by atoms with E-state index in [1.165, 1.54) is 18.4 Å². The first-order valence-corrected chi connectivity index (χ1v) is 9.35. The molecule has 1 aromatic heterocycles. The van der Waals surface area contributed by atoms with Crippen molar-refractivity contribution in [3.8, 4) is 5.75 Å². The Morgan fingerprint density at radius 3 is 2.85 bits per heavy atom. The Labute approximate surface area is 155 Å². The summed E-state index contributed by atoms with van der Waals surface area (Å²) in [6.45, 7) is 3.20. The Morgan fingerprint density at radius 1 is 1.35 bits per heavy atom. The van der Waals surface area contributed by atoms with E-state index < -0.39 is 0 Å². The van der Waals surface area contributed by atoms with Gasteiger partial charge < -0.3 is 15.0 Å². The van der Waals surface area contributed by atoms with Crippen molar-refractivity contribution in [2.45, 2.75) is 45.2 Å². The highest BCUT2D eigenvalue weighted by Crippen LogP contribution is 2.31. The van der Waals surface area contributed by atoms with Gasteiger partial charge in [-0.05, 0) is 31.9 Å². The lowest BCUT2D eigenvalue weighted by atomic mass is 10.1. The fourth-order valence-corrected chi connectivity index (χ4v) is 3.75. The van der Waals surface area contributed by atoms with Gasteiger partial charge in [-0.15, -0.1) is 0 Å². The molecule has 1 aromatic carbocycles. The van der Waals surface area contributed by atoms with Gasteiger partial charge in [-0.3, -0.25) is 4.79 Å². The van der Waals surface area contributed by atoms with Crippen molar-refractivity contribution >= 4 is 11.7 Å². The third-order valence-electron chi connectivity index (χ3n) is 5.00. The van der Waals surface area contributed by atoms with Gasteiger partial charge in [0.2, 0.25) is 0 Å². The molecule has 1 unspecified atom stereocenters. The van der Waals surface area contributed by atoms with Crippen molar-refractivity contribution in [3.63, 3.8) is 0 Å². The van der Waals surface area contributed by atoms with E-state index in [1.807, 2.05) is 29.9 Å². The third-order valence-corrected chi connectivity index (χ3v) is 5.00. The van der Waals surface area contributed by atoms with E-state index in [-0.39, 0.29) is 5.91 Å². The molecule has 1 heterocycles. The van der Waals surface area contributed by atoms with Crippen molar-refractivity contribution in [2.24, 2.45) is 0 Å². The second-order valence-corrected chi connectivity index (χ2v) is 7.27. The first kappa shape index (κ1) is 18.5. The number of hydrogen-bond donors (Lipinski definition) is 2. The summed E-state index contributed by atoms with van der Waals surface area (Å²) in [6.07, 6.45) is 6.53. The van der Waals surface area contributed by atoms with Gasteiger partial charge in [0.1, 0.15) is 18.1 Å². The van der Waals surface area contributed by atoms with Crippen molar-refractivity contribution in [3.05, 3.63) is 41.6 Å². The molecule has 1 atom stereocenters. The van der Waals surface area contributed by atoms with Gasteiger partial charge in [-0.2, -0.15) is 5.10 Å². The molecular weight excluding hydrogens is 328 g/mol. The molecule has 26 heavy (non-hydrogen) atoms. The SMILES string of the molecule is COc1ccc(C)cc1C[NH+](C)CC(=O)Nc1ccnn1C1CCCC1. The molecule has 2 N–H and O–H groups in total. The van der Waals surface area contributed by atoms with Crippen LogP contribution in [-0.4, -0.2) is 36.4 Å². The normalized spacial score (nSPS) is 15.8. The van der Waals surface area contributed by atoms with Crippen molar-refractivity contribution < 1.29 is 14.4 Å². The number of carbonyl (C=O) groups excluding carboxylic acids is 1. The lowest BCUT2D eigenvalue weighted by molar-refractivity contribution is -0.885. The number of hydrogen-bond acceptors (Lipinski definition) is 3. The molecule has 0 bridgehead atoms. The summed E-state index contributed by atoms with van der Waals surface area (Å²) in [6, 6.07) is 8.44. The summed E-state index contributed by atoms with van der Waals surface area (Å²) in [5.74, 6) is 1.69. The highest BCUT2D eigenvalue weighted by molar-refractivity contribution is 5.90. The number of rotatable bonds is 7. The number of likely N-dealkylation sites (N-methyl/N-ethyl adjacent to an activating group) is 1. The topological polar surface area (TPSA) is 60.6 Å². The van der Waals surface area contributed by atoms with Crippen LogP contribution in [0.2, 0.25) is 0 Å². The average Bonchev–Trinajstić information content (AvgIpc) is 3.25. The maximum Gasteiger partial charge on any atom is 0.280 e. The van der Waals surface area contributed by atoms with Crippen molar-refractivity contribution in [1.82, 2.24) is 9.78 Å². The van der Waals surface area contributed by atoms with Gasteiger partial charge >= 0.3 is 0 Å². The third kappa shape index (κ3) is 4.43. The van der Waals surface area contributed by atoms with E-state index in [0.29, 0.717) is 12.6 Å². The quantitative estimate of drug-likeness (QED) is 0.796. The highest BCUT2D eigenvalue weighted by Gasteiger charge is 2.21. The number of carbonyl (C=O) groups is 1. The van der Waals surface area contributed by atoms with Crippen LogP contribution in [0.25, 0.3) is 0 Å². The molecule has 0 spiro atoms. The number of nitrogens with zero attached hydrogens (tertiary/aromatic N) is 2. The van der Waals surface area contributed by atoms with Crippen LogP contribution in [0.1, 0.15) is 42.9 Å². The van der Waals surface area contributed by atoms with Gasteiger partial charge in [0, 0.05) is 11.6 Å². The van der Waals surface area contributed by atoms with Gasteiger partial charge in [0.05, 0.1) is 26.4 Å². The van der Waals surface area contributed by atoms with Crippen molar-refractivity contribution in [2.75, 3.05) is 26.0 Å². The Hall–Kier alpha value is -2.34. The van der Waals surface area contributed by atoms with Crippen molar-refractivity contribution in [1.29, 1.82) is 0 Å². The number of methoxy groups -OCH3 is 1. The lowest BCUT2D eigenvalue weighted by Crippen LogP contribution is -3.08. The second kappa shape index (κ2) is 8.36. The zero-order valence-electron chi connectivity index (χ0n) is 15.9. The second-order valence-electron chi connectivity index (χ2n) is 7.27. The first-order chi connectivity index (χ1) is 12.6. The molecule has 1 aliphatic rings. The number of quaternary nitrogens is 1. The molecule has 2 aromatic rings. The monoisotopic (exact) mass is 357 g/mol. The van der Waals surface area contributed by atoms with Gasteiger partial charge in [-0.25, -0.2) is 4.68 Å². The Balaban J connectivity index is 1.58. The summed E-state index contributed by atoms with van der Waals surface area (Å²) in [5, 5.41) is 7.44. The van der Waals surface area contributed by atoms with E-state index in [0.717, 1.165) is 41.4 Å². The van der Waals surface area contributed by atoms with Crippen LogP contribution in [0.4, 0.5) is 5.82 Å². The van der Waals surface area contributed by atoms with Gasteiger partial charge in [0.15, 0.2) is 6.54 Å². The summed E-state index contributed by atoms with van der Waals surface area (Å²) in [4.78, 5) is 13.6. The van der Waals surface area contributed by atoms with Gasteiger partial charge in [0.25, 0.3) is 5.91 Å². The number of amides is 1. The van der Waals surface area contributed by atoms with Crippen LogP contribution in [0.15, 0.2) is 30.5 Å². The molecule has 1 saturated carbocycles. The molecule has 6 nitrogen and oxygen atoms in total. The maximum atomic E-state index is 12.5. The molecule has 1 aliphatic carbocycles. The predicted molar refractivity (Wildman–Crippen MR) is 102 cm³/mol. The Kier molecular flexibility index (Phi) is 5.93. The van der Waals surface area contributed by atoms with E-state index in [4.69, 9.17) is 4.74 Å². The summed E-state index contributed by atoms with van der Waals surface area (Å²) in [5.41, 5.74) is 2.31. The minimum atomic E-state index is 0.00821. The van der Waals surface area contributed by atoms with E-state index in [2.05, 4.69) is 23.4 Å². The first-order valence-electron chi connectivity index (χ1n) is 9.35. The van der Waals surface area contributed by atoms with E-state index >= 15 is 0 Å². The molecule has 1 amide bonds. The lowest BCUT2D eigenvalue weighted by Gasteiger charge is -2.17. The highest BCUT2D eigenvalue weighted by atomic mass is 16.5. The fraction of sp³-hybridized carbons (Fsp3) is 0.500. The smallest absolute Gasteiger partial charge is 0.280 e. The van der Waals surface area contributed by atoms with Crippen LogP contribution in [0.3, 0.4) is 0 Å². The Morgan fingerprint density at radius 2 is 2.12 bits per heavy atom. The number of nitrogens with one attached hydrogen (secondary N) is 2. The zero-order valence-corrected chi connectivity index (χ0v) is 15.9. The summed E-state index contributed by atoms with van der Waals surface area (Å²) in [7, 11) is 3.70. The standard InChI is InChI=1S/C20H28N4O2/c1-15-8-9-18(26-3)16(12-15)13-23(2)14-20(25)22-19-10-11-21-24(19)17-6-4-5-7-17/h8-12,17H,4-7,13-14H2,1-3H3,(H,22,25)/p+1. The Bertz CT molecular complexity index is 750.